The standard InChI is InChI=1S/C10H18O/c1-7(2)9-5-4-8(3)10(11)6-9/h7-9H,4-6H2,1-3H3/t8-,9-/m1/s1/i4D/t4?,8-,9-. The van der Waals surface area contributed by atoms with E-state index >= 15 is 0 Å². The van der Waals surface area contributed by atoms with E-state index in [0.29, 0.717) is 24.0 Å². The molecule has 3 atom stereocenters. The lowest BCUT2D eigenvalue weighted by atomic mass is 9.77. The minimum atomic E-state index is -0.154. The highest BCUT2D eigenvalue weighted by atomic mass is 16.1. The molecule has 1 fully saturated rings. The van der Waals surface area contributed by atoms with E-state index in [1.54, 1.807) is 0 Å². The van der Waals surface area contributed by atoms with Gasteiger partial charge in [0.25, 0.3) is 0 Å². The van der Waals surface area contributed by atoms with Gasteiger partial charge in [0.05, 0.1) is 0 Å². The number of hydrogen-bond donors (Lipinski definition) is 0. The van der Waals surface area contributed by atoms with Crippen molar-refractivity contribution in [3.8, 4) is 0 Å². The summed E-state index contributed by atoms with van der Waals surface area (Å²) in [6.07, 6.45) is 1.46. The SMILES string of the molecule is [2H]C1C[C@@H](C(C)C)CC(=O)[C@@H]1C. The van der Waals surface area contributed by atoms with E-state index in [0.717, 1.165) is 6.42 Å². The van der Waals surface area contributed by atoms with Crippen LogP contribution in [0.3, 0.4) is 0 Å². The Kier molecular flexibility index (Phi) is 2.25. The van der Waals surface area contributed by atoms with Crippen molar-refractivity contribution >= 4 is 5.78 Å². The van der Waals surface area contributed by atoms with Gasteiger partial charge in [-0.1, -0.05) is 20.8 Å². The zero-order chi connectivity index (χ0) is 9.30. The minimum Gasteiger partial charge on any atom is -0.299 e. The monoisotopic (exact) mass is 155 g/mol. The van der Waals surface area contributed by atoms with Gasteiger partial charge in [-0.05, 0) is 24.7 Å². The van der Waals surface area contributed by atoms with E-state index in [9.17, 15) is 4.79 Å². The van der Waals surface area contributed by atoms with E-state index < -0.39 is 0 Å². The summed E-state index contributed by atoms with van der Waals surface area (Å²) in [6, 6.07) is 0. The Hall–Kier alpha value is -0.330. The Morgan fingerprint density at radius 3 is 2.73 bits per heavy atom. The van der Waals surface area contributed by atoms with Crippen molar-refractivity contribution in [1.29, 1.82) is 0 Å². The Morgan fingerprint density at radius 2 is 2.27 bits per heavy atom. The smallest absolute Gasteiger partial charge is 0.135 e. The van der Waals surface area contributed by atoms with Gasteiger partial charge in [-0.3, -0.25) is 4.79 Å². The largest absolute Gasteiger partial charge is 0.299 e. The van der Waals surface area contributed by atoms with Gasteiger partial charge in [0, 0.05) is 13.7 Å². The molecule has 0 heterocycles. The molecule has 64 valence electrons. The molecule has 0 bridgehead atoms. The summed E-state index contributed by atoms with van der Waals surface area (Å²) in [6.45, 7) is 6.16. The Labute approximate surface area is 70.6 Å². The average Bonchev–Trinajstić information content (AvgIpc) is 1.99. The second-order valence-corrected chi connectivity index (χ2v) is 3.93. The lowest BCUT2D eigenvalue weighted by molar-refractivity contribution is -0.125. The number of carbonyl (C=O) groups excluding carboxylic acids is 1. The van der Waals surface area contributed by atoms with Crippen LogP contribution < -0.4 is 0 Å². The molecule has 1 unspecified atom stereocenters. The fourth-order valence-corrected chi connectivity index (χ4v) is 1.55. The average molecular weight is 155 g/mol. The third kappa shape index (κ3) is 2.05. The van der Waals surface area contributed by atoms with Gasteiger partial charge < -0.3 is 0 Å². The van der Waals surface area contributed by atoms with Crippen molar-refractivity contribution in [2.45, 2.75) is 40.0 Å². The first kappa shape index (κ1) is 7.33. The molecule has 0 aliphatic heterocycles. The fraction of sp³-hybridized carbons (Fsp3) is 0.900. The van der Waals surface area contributed by atoms with Gasteiger partial charge in [0.2, 0.25) is 0 Å². The van der Waals surface area contributed by atoms with Crippen LogP contribution in [-0.2, 0) is 4.79 Å². The Morgan fingerprint density at radius 1 is 1.64 bits per heavy atom. The molecule has 1 saturated carbocycles. The third-order valence-corrected chi connectivity index (χ3v) is 2.71. The minimum absolute atomic E-state index is 0.0278. The zero-order valence-corrected chi connectivity index (χ0v) is 7.63. The summed E-state index contributed by atoms with van der Waals surface area (Å²) in [5, 5.41) is 0. The van der Waals surface area contributed by atoms with Crippen molar-refractivity contribution in [2.75, 3.05) is 0 Å². The Balaban J connectivity index is 2.59. The van der Waals surface area contributed by atoms with Crippen LogP contribution in [0.15, 0.2) is 0 Å². The van der Waals surface area contributed by atoms with Crippen LogP contribution in [-0.4, -0.2) is 5.78 Å². The highest BCUT2D eigenvalue weighted by Gasteiger charge is 2.26. The third-order valence-electron chi connectivity index (χ3n) is 2.71. The van der Waals surface area contributed by atoms with E-state index in [1.807, 2.05) is 6.92 Å². The highest BCUT2D eigenvalue weighted by Crippen LogP contribution is 2.30. The van der Waals surface area contributed by atoms with Gasteiger partial charge in [-0.25, -0.2) is 0 Å². The molecule has 0 aromatic carbocycles. The molecule has 1 heteroatoms. The Bertz CT molecular complexity index is 177. The van der Waals surface area contributed by atoms with Crippen LogP contribution in [0, 0.1) is 17.8 Å². The molecule has 0 N–H and O–H groups in total. The summed E-state index contributed by atoms with van der Waals surface area (Å²) < 4.78 is 7.71. The molecular weight excluding hydrogens is 136 g/mol. The van der Waals surface area contributed by atoms with Crippen LogP contribution in [0.4, 0.5) is 0 Å². The fourth-order valence-electron chi connectivity index (χ4n) is 1.55. The maximum atomic E-state index is 11.4. The van der Waals surface area contributed by atoms with Crippen LogP contribution in [0.2, 0.25) is 0 Å². The summed E-state index contributed by atoms with van der Waals surface area (Å²) in [5.74, 6) is 1.27. The molecule has 1 aliphatic rings. The topological polar surface area (TPSA) is 17.1 Å². The molecule has 1 rings (SSSR count). The summed E-state index contributed by atoms with van der Waals surface area (Å²) in [4.78, 5) is 11.4. The first-order valence-electron chi connectivity index (χ1n) is 5.05. The first-order chi connectivity index (χ1) is 5.52. The maximum absolute atomic E-state index is 11.4. The first-order valence-corrected chi connectivity index (χ1v) is 4.47. The number of carbonyl (C=O) groups is 1. The second kappa shape index (κ2) is 3.38. The number of rotatable bonds is 1. The highest BCUT2D eigenvalue weighted by molar-refractivity contribution is 5.81. The van der Waals surface area contributed by atoms with Gasteiger partial charge in [-0.2, -0.15) is 0 Å². The molecule has 11 heavy (non-hydrogen) atoms. The quantitative estimate of drug-likeness (QED) is 0.569. The number of ketones is 1. The normalized spacial score (nSPS) is 40.9. The van der Waals surface area contributed by atoms with Crippen molar-refractivity contribution < 1.29 is 6.17 Å². The van der Waals surface area contributed by atoms with Crippen molar-refractivity contribution in [3.63, 3.8) is 0 Å². The van der Waals surface area contributed by atoms with Crippen LogP contribution in [0.5, 0.6) is 0 Å². The molecule has 0 saturated heterocycles. The molecule has 0 aromatic rings. The second-order valence-electron chi connectivity index (χ2n) is 3.93. The van der Waals surface area contributed by atoms with Crippen LogP contribution >= 0.6 is 0 Å². The van der Waals surface area contributed by atoms with E-state index in [2.05, 4.69) is 13.8 Å². The lowest BCUT2D eigenvalue weighted by Gasteiger charge is -2.27. The van der Waals surface area contributed by atoms with Gasteiger partial charge in [-0.15, -0.1) is 0 Å². The molecule has 1 nitrogen and oxygen atoms in total. The van der Waals surface area contributed by atoms with E-state index in [-0.39, 0.29) is 12.3 Å². The number of hydrogen-bond acceptors (Lipinski definition) is 1. The molecule has 0 radical (unpaired) electrons. The molecular formula is C10H18O. The number of Topliss-reactive ketones (excluding diaryl/α,β-unsaturated/α-hetero) is 1. The predicted molar refractivity (Wildman–Crippen MR) is 46.4 cm³/mol. The lowest BCUT2D eigenvalue weighted by Crippen LogP contribution is -2.25. The summed E-state index contributed by atoms with van der Waals surface area (Å²) >= 11 is 0. The van der Waals surface area contributed by atoms with Crippen LogP contribution in [0.25, 0.3) is 0 Å². The van der Waals surface area contributed by atoms with Gasteiger partial charge in [0.15, 0.2) is 0 Å². The van der Waals surface area contributed by atoms with Crippen LogP contribution in [0.1, 0.15) is 41.4 Å². The van der Waals surface area contributed by atoms with Crippen molar-refractivity contribution in [2.24, 2.45) is 17.8 Å². The molecule has 0 amide bonds. The predicted octanol–water partition coefficient (Wildman–Crippen LogP) is 2.65. The molecule has 0 aromatic heterocycles. The van der Waals surface area contributed by atoms with Gasteiger partial charge in [0.1, 0.15) is 5.78 Å². The summed E-state index contributed by atoms with van der Waals surface area (Å²) in [7, 11) is 0. The van der Waals surface area contributed by atoms with Crippen molar-refractivity contribution in [3.05, 3.63) is 0 Å². The van der Waals surface area contributed by atoms with Crippen molar-refractivity contribution in [1.82, 2.24) is 0 Å². The zero-order valence-electron chi connectivity index (χ0n) is 8.63. The molecule has 0 spiro atoms. The van der Waals surface area contributed by atoms with Gasteiger partial charge >= 0.3 is 0 Å². The van der Waals surface area contributed by atoms with E-state index in [1.165, 1.54) is 0 Å². The maximum Gasteiger partial charge on any atom is 0.135 e. The summed E-state index contributed by atoms with van der Waals surface area (Å²) in [5.41, 5.74) is 0. The molecule has 1 aliphatic carbocycles. The van der Waals surface area contributed by atoms with E-state index in [4.69, 9.17) is 1.37 Å².